The van der Waals surface area contributed by atoms with Gasteiger partial charge in [-0.2, -0.15) is 4.31 Å². The normalized spacial score (nSPS) is 22.0. The van der Waals surface area contributed by atoms with Gasteiger partial charge in [0, 0.05) is 19.1 Å². The summed E-state index contributed by atoms with van der Waals surface area (Å²) in [4.78, 5) is 11.7. The summed E-state index contributed by atoms with van der Waals surface area (Å²) in [7, 11) is -2.54. The molecule has 1 aliphatic heterocycles. The summed E-state index contributed by atoms with van der Waals surface area (Å²) in [6, 6.07) is 1.15. The summed E-state index contributed by atoms with van der Waals surface area (Å²) >= 11 is 1.04. The van der Waals surface area contributed by atoms with Gasteiger partial charge in [-0.1, -0.05) is 0 Å². The fraction of sp³-hybridized carbons (Fsp3) is 0.583. The number of nitrogens with zero attached hydrogens (tertiary/aromatic N) is 1. The zero-order chi connectivity index (χ0) is 15.6. The van der Waals surface area contributed by atoms with E-state index >= 15 is 0 Å². The van der Waals surface area contributed by atoms with Crippen LogP contribution in [0.2, 0.25) is 0 Å². The molecule has 2 heterocycles. The number of sulfonamides is 1. The zero-order valence-electron chi connectivity index (χ0n) is 11.8. The van der Waals surface area contributed by atoms with Gasteiger partial charge in [-0.05, 0) is 18.4 Å². The Morgan fingerprint density at radius 2 is 2.33 bits per heavy atom. The topological polar surface area (TPSA) is 98.9 Å². The van der Waals surface area contributed by atoms with Gasteiger partial charge >= 0.3 is 5.97 Å². The van der Waals surface area contributed by atoms with Crippen molar-refractivity contribution < 1.29 is 22.7 Å². The molecule has 2 rings (SSSR count). The Morgan fingerprint density at radius 3 is 2.95 bits per heavy atom. The van der Waals surface area contributed by atoms with Crippen molar-refractivity contribution in [2.75, 3.05) is 26.8 Å². The maximum absolute atomic E-state index is 12.7. The summed E-state index contributed by atoms with van der Waals surface area (Å²) < 4.78 is 36.8. The Balaban J connectivity index is 2.30. The Hall–Kier alpha value is -1.00. The van der Waals surface area contributed by atoms with Gasteiger partial charge in [0.2, 0.25) is 10.0 Å². The smallest absolute Gasteiger partial charge is 0.349 e. The first-order valence-corrected chi connectivity index (χ1v) is 8.73. The minimum absolute atomic E-state index is 0.0234. The Labute approximate surface area is 127 Å². The number of carbonyl (C=O) groups is 1. The van der Waals surface area contributed by atoms with Crippen LogP contribution in [0.5, 0.6) is 0 Å². The van der Waals surface area contributed by atoms with E-state index < -0.39 is 16.0 Å². The highest BCUT2D eigenvalue weighted by molar-refractivity contribution is 7.89. The van der Waals surface area contributed by atoms with Crippen LogP contribution in [0, 0.1) is 0 Å². The molecule has 1 aromatic heterocycles. The van der Waals surface area contributed by atoms with Crippen LogP contribution in [0.15, 0.2) is 16.3 Å². The lowest BCUT2D eigenvalue weighted by atomic mass is 10.2. The first-order valence-electron chi connectivity index (χ1n) is 6.41. The lowest BCUT2D eigenvalue weighted by Crippen LogP contribution is -2.51. The van der Waals surface area contributed by atoms with Crippen molar-refractivity contribution >= 4 is 27.3 Å². The maximum atomic E-state index is 12.7. The van der Waals surface area contributed by atoms with E-state index in [9.17, 15) is 13.2 Å². The Kier molecular flexibility index (Phi) is 4.99. The molecule has 1 aromatic rings. The molecular weight excluding hydrogens is 316 g/mol. The van der Waals surface area contributed by atoms with Crippen LogP contribution in [0.25, 0.3) is 0 Å². The van der Waals surface area contributed by atoms with E-state index in [-0.39, 0.29) is 41.6 Å². The van der Waals surface area contributed by atoms with Crippen LogP contribution in [-0.2, 0) is 19.5 Å². The zero-order valence-corrected chi connectivity index (χ0v) is 13.4. The highest BCUT2D eigenvalue weighted by atomic mass is 32.2. The number of thiophene rings is 1. The van der Waals surface area contributed by atoms with Crippen LogP contribution in [0.1, 0.15) is 16.6 Å². The van der Waals surface area contributed by atoms with Crippen LogP contribution in [-0.4, -0.2) is 57.6 Å². The summed E-state index contributed by atoms with van der Waals surface area (Å²) in [5.74, 6) is -0.652. The van der Waals surface area contributed by atoms with Crippen LogP contribution in [0.3, 0.4) is 0 Å². The second-order valence-electron chi connectivity index (χ2n) is 4.74. The second kappa shape index (κ2) is 6.41. The molecule has 21 heavy (non-hydrogen) atoms. The summed E-state index contributed by atoms with van der Waals surface area (Å²) in [5.41, 5.74) is 5.77. The van der Waals surface area contributed by atoms with Gasteiger partial charge in [-0.3, -0.25) is 0 Å². The highest BCUT2D eigenvalue weighted by Gasteiger charge is 2.35. The molecule has 118 valence electrons. The Bertz CT molecular complexity index is 611. The van der Waals surface area contributed by atoms with Gasteiger partial charge in [0.05, 0.1) is 19.8 Å². The van der Waals surface area contributed by atoms with Crippen LogP contribution < -0.4 is 5.73 Å². The quantitative estimate of drug-likeness (QED) is 0.794. The predicted octanol–water partition coefficient (Wildman–Crippen LogP) is 0.271. The standard InChI is InChI=1S/C12H18N2O5S2/c1-8(13)9-7-14(4-5-19-9)21(16,17)10-3-6-20-11(10)12(15)18-2/h3,6,8-9H,4-5,7,13H2,1-2H3. The van der Waals surface area contributed by atoms with Gasteiger partial charge in [-0.25, -0.2) is 13.2 Å². The van der Waals surface area contributed by atoms with Gasteiger partial charge < -0.3 is 15.2 Å². The summed E-state index contributed by atoms with van der Waals surface area (Å²) in [6.45, 7) is 2.47. The molecular formula is C12H18N2O5S2. The molecule has 2 unspecified atom stereocenters. The molecule has 2 N–H and O–H groups in total. The first kappa shape index (κ1) is 16.4. The monoisotopic (exact) mass is 334 g/mol. The lowest BCUT2D eigenvalue weighted by molar-refractivity contribution is -0.0120. The average Bonchev–Trinajstić information content (AvgIpc) is 2.96. The largest absolute Gasteiger partial charge is 0.465 e. The van der Waals surface area contributed by atoms with E-state index in [1.165, 1.54) is 17.5 Å². The third kappa shape index (κ3) is 3.27. The van der Waals surface area contributed by atoms with E-state index in [1.807, 2.05) is 0 Å². The Morgan fingerprint density at radius 1 is 1.62 bits per heavy atom. The minimum atomic E-state index is -3.76. The molecule has 2 atom stereocenters. The first-order chi connectivity index (χ1) is 9.87. The molecule has 1 fully saturated rings. The number of ether oxygens (including phenoxy) is 2. The maximum Gasteiger partial charge on any atom is 0.349 e. The fourth-order valence-corrected chi connectivity index (χ4v) is 4.81. The van der Waals surface area contributed by atoms with Crippen molar-refractivity contribution in [3.8, 4) is 0 Å². The van der Waals surface area contributed by atoms with Crippen LogP contribution in [0.4, 0.5) is 0 Å². The molecule has 0 saturated carbocycles. The molecule has 0 spiro atoms. The van der Waals surface area contributed by atoms with E-state index in [0.29, 0.717) is 0 Å². The van der Waals surface area contributed by atoms with Crippen molar-refractivity contribution in [1.29, 1.82) is 0 Å². The summed E-state index contributed by atoms with van der Waals surface area (Å²) in [5, 5.41) is 1.56. The predicted molar refractivity (Wildman–Crippen MR) is 77.8 cm³/mol. The number of esters is 1. The fourth-order valence-electron chi connectivity index (χ4n) is 2.07. The van der Waals surface area contributed by atoms with Crippen molar-refractivity contribution in [2.45, 2.75) is 24.0 Å². The second-order valence-corrected chi connectivity index (χ2v) is 7.56. The number of rotatable bonds is 4. The summed E-state index contributed by atoms with van der Waals surface area (Å²) in [6.07, 6.45) is -0.353. The molecule has 7 nitrogen and oxygen atoms in total. The van der Waals surface area contributed by atoms with Gasteiger partial charge in [0.15, 0.2) is 0 Å². The molecule has 0 aromatic carbocycles. The van der Waals surface area contributed by atoms with Crippen LogP contribution >= 0.6 is 11.3 Å². The van der Waals surface area contributed by atoms with E-state index in [1.54, 1.807) is 12.3 Å². The number of carbonyl (C=O) groups excluding carboxylic acids is 1. The highest BCUT2D eigenvalue weighted by Crippen LogP contribution is 2.27. The number of hydrogen-bond acceptors (Lipinski definition) is 7. The van der Waals surface area contributed by atoms with E-state index in [4.69, 9.17) is 10.5 Å². The average molecular weight is 334 g/mol. The van der Waals surface area contributed by atoms with Gasteiger partial charge in [-0.15, -0.1) is 11.3 Å². The molecule has 0 aliphatic carbocycles. The number of methoxy groups -OCH3 is 1. The third-order valence-electron chi connectivity index (χ3n) is 3.26. The molecule has 1 aliphatic rings. The third-order valence-corrected chi connectivity index (χ3v) is 6.19. The van der Waals surface area contributed by atoms with Crippen molar-refractivity contribution in [3.63, 3.8) is 0 Å². The van der Waals surface area contributed by atoms with Crippen molar-refractivity contribution in [3.05, 3.63) is 16.3 Å². The molecule has 1 saturated heterocycles. The minimum Gasteiger partial charge on any atom is -0.465 e. The molecule has 0 bridgehead atoms. The molecule has 0 amide bonds. The van der Waals surface area contributed by atoms with E-state index in [2.05, 4.69) is 4.74 Å². The molecule has 0 radical (unpaired) electrons. The number of nitrogens with two attached hydrogens (primary N) is 1. The van der Waals surface area contributed by atoms with E-state index in [0.717, 1.165) is 11.3 Å². The molecule has 9 heteroatoms. The van der Waals surface area contributed by atoms with Gasteiger partial charge in [0.25, 0.3) is 0 Å². The van der Waals surface area contributed by atoms with Crippen molar-refractivity contribution in [2.24, 2.45) is 5.73 Å². The van der Waals surface area contributed by atoms with Crippen molar-refractivity contribution in [1.82, 2.24) is 4.31 Å². The SMILES string of the molecule is COC(=O)c1sccc1S(=O)(=O)N1CCOC(C(C)N)C1. The number of hydrogen-bond donors (Lipinski definition) is 1. The lowest BCUT2D eigenvalue weighted by Gasteiger charge is -2.33. The number of morpholine rings is 1. The van der Waals surface area contributed by atoms with Gasteiger partial charge in [0.1, 0.15) is 9.77 Å².